The molecule has 0 bridgehead atoms. The Morgan fingerprint density at radius 2 is 1.95 bits per heavy atom. The highest BCUT2D eigenvalue weighted by Crippen LogP contribution is 2.25. The van der Waals surface area contributed by atoms with E-state index in [4.69, 9.17) is 21.1 Å². The minimum Gasteiger partial charge on any atom is -0.473 e. The van der Waals surface area contributed by atoms with E-state index in [-0.39, 0.29) is 6.61 Å². The lowest BCUT2D eigenvalue weighted by Gasteiger charge is -2.30. The maximum absolute atomic E-state index is 12.0. The average molecular weight is 287 g/mol. The van der Waals surface area contributed by atoms with Crippen molar-refractivity contribution in [2.75, 3.05) is 13.2 Å². The van der Waals surface area contributed by atoms with E-state index >= 15 is 0 Å². The zero-order valence-corrected chi connectivity index (χ0v) is 11.9. The molecule has 0 saturated heterocycles. The molecule has 0 radical (unpaired) electrons. The fourth-order valence-corrected chi connectivity index (χ4v) is 1.89. The van der Waals surface area contributed by atoms with Gasteiger partial charge in [-0.25, -0.2) is 4.79 Å². The van der Waals surface area contributed by atoms with Crippen LogP contribution in [-0.2, 0) is 9.53 Å². The van der Waals surface area contributed by atoms with Crippen LogP contribution in [0.4, 0.5) is 0 Å². The fourth-order valence-electron chi connectivity index (χ4n) is 1.77. The molecule has 1 N–H and O–H groups in total. The van der Waals surface area contributed by atoms with Gasteiger partial charge in [-0.1, -0.05) is 24.9 Å². The van der Waals surface area contributed by atoms with Crippen LogP contribution in [-0.4, -0.2) is 29.9 Å². The zero-order valence-electron chi connectivity index (χ0n) is 11.2. The Morgan fingerprint density at radius 3 is 2.42 bits per heavy atom. The first-order valence-corrected chi connectivity index (χ1v) is 6.68. The number of hydrogen-bond acceptors (Lipinski definition) is 4. The summed E-state index contributed by atoms with van der Waals surface area (Å²) in [6, 6.07) is 6.63. The minimum absolute atomic E-state index is 0.244. The lowest BCUT2D eigenvalue weighted by molar-refractivity contribution is -0.166. The van der Waals surface area contributed by atoms with Gasteiger partial charge in [-0.3, -0.25) is 0 Å². The van der Waals surface area contributed by atoms with Crippen molar-refractivity contribution < 1.29 is 19.4 Å². The molecule has 1 unspecified atom stereocenters. The maximum Gasteiger partial charge on any atom is 0.352 e. The van der Waals surface area contributed by atoms with Gasteiger partial charge in [-0.2, -0.15) is 0 Å². The molecule has 1 aromatic carbocycles. The van der Waals surface area contributed by atoms with E-state index in [9.17, 15) is 9.90 Å². The number of rotatable bonds is 7. The summed E-state index contributed by atoms with van der Waals surface area (Å²) in [4.78, 5) is 12.0. The predicted octanol–water partition coefficient (Wildman–Crippen LogP) is 2.81. The molecule has 0 aliphatic carbocycles. The molecule has 1 atom stereocenters. The predicted molar refractivity (Wildman–Crippen MR) is 73.4 cm³/mol. The average Bonchev–Trinajstić information content (AvgIpc) is 2.41. The van der Waals surface area contributed by atoms with E-state index in [0.717, 1.165) is 0 Å². The number of halogens is 1. The molecule has 0 saturated carbocycles. The van der Waals surface area contributed by atoms with Crippen molar-refractivity contribution in [1.29, 1.82) is 0 Å². The first-order chi connectivity index (χ1) is 9.07. The van der Waals surface area contributed by atoms with Crippen LogP contribution in [0.15, 0.2) is 24.3 Å². The number of hydrogen-bond donors (Lipinski definition) is 1. The van der Waals surface area contributed by atoms with Crippen LogP contribution in [0.25, 0.3) is 0 Å². The molecule has 106 valence electrons. The van der Waals surface area contributed by atoms with Crippen LogP contribution >= 0.6 is 11.6 Å². The van der Waals surface area contributed by atoms with Gasteiger partial charge in [0.05, 0.1) is 13.2 Å². The van der Waals surface area contributed by atoms with Crippen LogP contribution in [0.1, 0.15) is 26.7 Å². The Morgan fingerprint density at radius 1 is 1.32 bits per heavy atom. The smallest absolute Gasteiger partial charge is 0.352 e. The van der Waals surface area contributed by atoms with Gasteiger partial charge in [0.2, 0.25) is 5.60 Å². The van der Waals surface area contributed by atoms with Crippen molar-refractivity contribution in [2.45, 2.75) is 32.3 Å². The summed E-state index contributed by atoms with van der Waals surface area (Å²) in [6.45, 7) is 3.44. The molecule has 0 spiro atoms. The zero-order chi connectivity index (χ0) is 14.3. The first kappa shape index (κ1) is 15.8. The molecule has 0 aliphatic rings. The number of ether oxygens (including phenoxy) is 2. The summed E-state index contributed by atoms with van der Waals surface area (Å²) in [7, 11) is 0. The van der Waals surface area contributed by atoms with E-state index < -0.39 is 18.2 Å². The van der Waals surface area contributed by atoms with E-state index in [0.29, 0.717) is 23.6 Å². The first-order valence-electron chi connectivity index (χ1n) is 6.30. The van der Waals surface area contributed by atoms with Crippen molar-refractivity contribution in [1.82, 2.24) is 0 Å². The third-order valence-electron chi connectivity index (χ3n) is 2.68. The van der Waals surface area contributed by atoms with Gasteiger partial charge < -0.3 is 14.6 Å². The molecule has 19 heavy (non-hydrogen) atoms. The Labute approximate surface area is 118 Å². The fraction of sp³-hybridized carbons (Fsp3) is 0.500. The normalized spacial score (nSPS) is 13.7. The SMILES string of the molecule is CCCC(CO)(Oc1ccc(Cl)cc1)C(=O)OCC. The monoisotopic (exact) mass is 286 g/mol. The molecule has 5 heteroatoms. The summed E-state index contributed by atoms with van der Waals surface area (Å²) in [5, 5.41) is 10.1. The van der Waals surface area contributed by atoms with Crippen LogP contribution in [0, 0.1) is 0 Å². The van der Waals surface area contributed by atoms with E-state index in [1.165, 1.54) is 0 Å². The molecule has 0 fully saturated rings. The molecule has 0 aromatic heterocycles. The van der Waals surface area contributed by atoms with Crippen molar-refractivity contribution in [3.8, 4) is 5.75 Å². The minimum atomic E-state index is -1.35. The van der Waals surface area contributed by atoms with Crippen molar-refractivity contribution >= 4 is 17.6 Å². The van der Waals surface area contributed by atoms with Crippen LogP contribution < -0.4 is 4.74 Å². The van der Waals surface area contributed by atoms with Gasteiger partial charge >= 0.3 is 5.97 Å². The second-order valence-corrected chi connectivity index (χ2v) is 4.62. The van der Waals surface area contributed by atoms with E-state index in [1.807, 2.05) is 6.92 Å². The standard InChI is InChI=1S/C14H19ClO4/c1-3-9-14(10-16,13(17)18-4-2)19-12-7-5-11(15)6-8-12/h5-8,16H,3-4,9-10H2,1-2H3. The highest BCUT2D eigenvalue weighted by atomic mass is 35.5. The summed E-state index contributed by atoms with van der Waals surface area (Å²) in [5.41, 5.74) is -1.35. The Bertz CT molecular complexity index is 404. The number of benzene rings is 1. The quantitative estimate of drug-likeness (QED) is 0.783. The third-order valence-corrected chi connectivity index (χ3v) is 2.94. The topological polar surface area (TPSA) is 55.8 Å². The molecule has 0 amide bonds. The summed E-state index contributed by atoms with van der Waals surface area (Å²) < 4.78 is 10.7. The molecular weight excluding hydrogens is 268 g/mol. The summed E-state index contributed by atoms with van der Waals surface area (Å²) in [6.07, 6.45) is 1.07. The molecule has 4 nitrogen and oxygen atoms in total. The van der Waals surface area contributed by atoms with Crippen LogP contribution in [0.5, 0.6) is 5.75 Å². The van der Waals surface area contributed by atoms with Gasteiger partial charge in [0, 0.05) is 11.4 Å². The third kappa shape index (κ3) is 4.11. The Kier molecular flexibility index (Phi) is 6.12. The number of aliphatic hydroxyl groups excluding tert-OH is 1. The number of carbonyl (C=O) groups excluding carboxylic acids is 1. The van der Waals surface area contributed by atoms with E-state index in [2.05, 4.69) is 0 Å². The van der Waals surface area contributed by atoms with Gasteiger partial charge in [0.25, 0.3) is 0 Å². The molecule has 1 aromatic rings. The number of carbonyl (C=O) groups is 1. The van der Waals surface area contributed by atoms with Gasteiger partial charge in [-0.05, 0) is 31.2 Å². The highest BCUT2D eigenvalue weighted by molar-refractivity contribution is 6.30. The summed E-state index contributed by atoms with van der Waals surface area (Å²) in [5.74, 6) is -0.0748. The van der Waals surface area contributed by atoms with Gasteiger partial charge in [-0.15, -0.1) is 0 Å². The number of esters is 1. The second-order valence-electron chi connectivity index (χ2n) is 4.18. The van der Waals surface area contributed by atoms with Gasteiger partial charge in [0.15, 0.2) is 0 Å². The molecule has 0 aliphatic heterocycles. The van der Waals surface area contributed by atoms with Gasteiger partial charge in [0.1, 0.15) is 5.75 Å². The lowest BCUT2D eigenvalue weighted by Crippen LogP contribution is -2.49. The highest BCUT2D eigenvalue weighted by Gasteiger charge is 2.41. The van der Waals surface area contributed by atoms with Crippen molar-refractivity contribution in [2.24, 2.45) is 0 Å². The molecule has 1 rings (SSSR count). The Hall–Kier alpha value is -1.26. The van der Waals surface area contributed by atoms with Crippen molar-refractivity contribution in [3.05, 3.63) is 29.3 Å². The Balaban J connectivity index is 2.95. The second kappa shape index (κ2) is 7.36. The maximum atomic E-state index is 12.0. The van der Waals surface area contributed by atoms with Crippen LogP contribution in [0.2, 0.25) is 5.02 Å². The van der Waals surface area contributed by atoms with Crippen LogP contribution in [0.3, 0.4) is 0 Å². The van der Waals surface area contributed by atoms with Crippen molar-refractivity contribution in [3.63, 3.8) is 0 Å². The largest absolute Gasteiger partial charge is 0.473 e. The molecular formula is C14H19ClO4. The molecule has 0 heterocycles. The lowest BCUT2D eigenvalue weighted by atomic mass is 9.98. The van der Waals surface area contributed by atoms with E-state index in [1.54, 1.807) is 31.2 Å². The number of aliphatic hydroxyl groups is 1. The summed E-state index contributed by atoms with van der Waals surface area (Å²) >= 11 is 5.79.